The number of Topliss-reactive ketones (excluding diaryl/α,β-unsaturated/α-hetero) is 1. The molecule has 29 heavy (non-hydrogen) atoms. The molecule has 1 aliphatic rings. The maximum absolute atomic E-state index is 13.1. The molecule has 10 heteroatoms. The number of carbonyl (C=O) groups excluding carboxylic acids is 2. The largest absolute Gasteiger partial charge is 0.370 e. The lowest BCUT2D eigenvalue weighted by atomic mass is 10.1. The van der Waals surface area contributed by atoms with E-state index in [4.69, 9.17) is 11.5 Å². The van der Waals surface area contributed by atoms with Crippen molar-refractivity contribution in [1.82, 2.24) is 9.62 Å². The van der Waals surface area contributed by atoms with Crippen LogP contribution < -0.4 is 16.2 Å². The Morgan fingerprint density at radius 1 is 1.28 bits per heavy atom. The molecule has 0 aromatic heterocycles. The average molecular weight is 424 g/mol. The number of guanidine groups is 1. The van der Waals surface area contributed by atoms with Crippen molar-refractivity contribution in [3.8, 4) is 0 Å². The molecular weight excluding hydrogens is 394 g/mol. The van der Waals surface area contributed by atoms with E-state index in [0.29, 0.717) is 31.4 Å². The fourth-order valence-electron chi connectivity index (χ4n) is 3.44. The summed E-state index contributed by atoms with van der Waals surface area (Å²) in [4.78, 5) is 30.3. The first-order valence-electron chi connectivity index (χ1n) is 9.60. The Morgan fingerprint density at radius 3 is 2.59 bits per heavy atom. The number of ketones is 1. The Morgan fingerprint density at radius 2 is 1.97 bits per heavy atom. The number of aliphatic imine (C=N–C) groups is 1. The Hall–Kier alpha value is -2.46. The minimum atomic E-state index is -3.77. The maximum Gasteiger partial charge on any atom is 0.241 e. The molecule has 0 aliphatic carbocycles. The molecule has 5 N–H and O–H groups in total. The first-order valence-corrected chi connectivity index (χ1v) is 11.2. The van der Waals surface area contributed by atoms with Crippen LogP contribution in [0.2, 0.25) is 0 Å². The smallest absolute Gasteiger partial charge is 0.241 e. The molecule has 1 heterocycles. The van der Waals surface area contributed by atoms with Crippen molar-refractivity contribution in [1.29, 1.82) is 0 Å². The van der Waals surface area contributed by atoms with Gasteiger partial charge in [0.15, 0.2) is 11.7 Å². The highest BCUT2D eigenvalue weighted by molar-refractivity contribution is 7.88. The predicted molar refractivity (Wildman–Crippen MR) is 111 cm³/mol. The summed E-state index contributed by atoms with van der Waals surface area (Å²) in [6.45, 7) is 2.17. The quantitative estimate of drug-likeness (QED) is 0.276. The van der Waals surface area contributed by atoms with Crippen molar-refractivity contribution < 1.29 is 18.0 Å². The van der Waals surface area contributed by atoms with Gasteiger partial charge in [0.2, 0.25) is 15.9 Å². The molecule has 0 radical (unpaired) electrons. The molecule has 2 unspecified atom stereocenters. The Bertz CT molecular complexity index is 837. The highest BCUT2D eigenvalue weighted by atomic mass is 32.2. The molecule has 9 nitrogen and oxygen atoms in total. The number of rotatable bonds is 10. The summed E-state index contributed by atoms with van der Waals surface area (Å²) in [7, 11) is -3.77. The van der Waals surface area contributed by atoms with Crippen molar-refractivity contribution in [3.05, 3.63) is 35.9 Å². The van der Waals surface area contributed by atoms with Gasteiger partial charge in [-0.25, -0.2) is 13.1 Å². The lowest BCUT2D eigenvalue weighted by Crippen LogP contribution is -2.51. The molecule has 0 spiro atoms. The number of sulfonamides is 1. The fourth-order valence-corrected chi connectivity index (χ4v) is 4.81. The van der Waals surface area contributed by atoms with Crippen LogP contribution in [0.3, 0.4) is 0 Å². The van der Waals surface area contributed by atoms with E-state index in [-0.39, 0.29) is 36.4 Å². The van der Waals surface area contributed by atoms with E-state index in [2.05, 4.69) is 9.71 Å². The molecule has 160 valence electrons. The third-order valence-corrected chi connectivity index (χ3v) is 6.13. The Kier molecular flexibility index (Phi) is 8.15. The monoisotopic (exact) mass is 423 g/mol. The standard InChI is InChI=1S/C19H29N5O4S/c1-14(25)17-10-6-12-24(17)18(26)16(9-5-11-22-19(20)21)23-29(27,28)13-15-7-3-2-4-8-15/h2-4,7-8,16-17,23H,5-6,9-13H2,1H3,(H4,20,21,22). The average Bonchev–Trinajstić information content (AvgIpc) is 3.14. The summed E-state index contributed by atoms with van der Waals surface area (Å²) < 4.78 is 27.9. The fraction of sp³-hybridized carbons (Fsp3) is 0.526. The van der Waals surface area contributed by atoms with Gasteiger partial charge >= 0.3 is 0 Å². The van der Waals surface area contributed by atoms with E-state index in [1.165, 1.54) is 11.8 Å². The molecule has 1 fully saturated rings. The molecular formula is C19H29N5O4S. The van der Waals surface area contributed by atoms with E-state index < -0.39 is 22.1 Å². The molecule has 1 aromatic carbocycles. The second-order valence-electron chi connectivity index (χ2n) is 7.16. The van der Waals surface area contributed by atoms with Crippen LogP contribution in [0, 0.1) is 0 Å². The van der Waals surface area contributed by atoms with Gasteiger partial charge in [0, 0.05) is 13.1 Å². The zero-order valence-corrected chi connectivity index (χ0v) is 17.4. The third-order valence-electron chi connectivity index (χ3n) is 4.77. The SMILES string of the molecule is CC(=O)C1CCCN1C(=O)C(CCCN=C(N)N)NS(=O)(=O)Cc1ccccc1. The summed E-state index contributed by atoms with van der Waals surface area (Å²) in [5.41, 5.74) is 11.2. The molecule has 2 atom stereocenters. The van der Waals surface area contributed by atoms with Crippen LogP contribution in [0.15, 0.2) is 35.3 Å². The molecule has 1 saturated heterocycles. The van der Waals surface area contributed by atoms with Gasteiger partial charge in [-0.1, -0.05) is 30.3 Å². The van der Waals surface area contributed by atoms with E-state index in [1.807, 2.05) is 0 Å². The molecule has 0 bridgehead atoms. The highest BCUT2D eigenvalue weighted by Crippen LogP contribution is 2.20. The van der Waals surface area contributed by atoms with Gasteiger partial charge in [-0.15, -0.1) is 0 Å². The summed E-state index contributed by atoms with van der Waals surface area (Å²) in [5.74, 6) is -0.776. The zero-order valence-electron chi connectivity index (χ0n) is 16.6. The second-order valence-corrected chi connectivity index (χ2v) is 8.92. The molecule has 1 aromatic rings. The third kappa shape index (κ3) is 7.13. The minimum absolute atomic E-state index is 0.0614. The highest BCUT2D eigenvalue weighted by Gasteiger charge is 2.36. The van der Waals surface area contributed by atoms with Crippen molar-refractivity contribution in [2.24, 2.45) is 16.5 Å². The normalized spacial score (nSPS) is 17.7. The van der Waals surface area contributed by atoms with Crippen LogP contribution >= 0.6 is 0 Å². The summed E-state index contributed by atoms with van der Waals surface area (Å²) in [6, 6.07) is 7.25. The Balaban J connectivity index is 2.14. The van der Waals surface area contributed by atoms with Crippen LogP contribution in [-0.2, 0) is 25.4 Å². The van der Waals surface area contributed by atoms with Crippen molar-refractivity contribution in [3.63, 3.8) is 0 Å². The van der Waals surface area contributed by atoms with Crippen molar-refractivity contribution in [2.75, 3.05) is 13.1 Å². The zero-order chi connectivity index (χ0) is 21.4. The molecule has 2 rings (SSSR count). The number of likely N-dealkylation sites (tertiary alicyclic amines) is 1. The lowest BCUT2D eigenvalue weighted by molar-refractivity contribution is -0.138. The van der Waals surface area contributed by atoms with E-state index in [9.17, 15) is 18.0 Å². The van der Waals surface area contributed by atoms with Crippen molar-refractivity contribution >= 4 is 27.7 Å². The first-order chi connectivity index (χ1) is 13.7. The second kappa shape index (κ2) is 10.4. The number of hydrogen-bond donors (Lipinski definition) is 3. The predicted octanol–water partition coefficient (Wildman–Crippen LogP) is 0.108. The number of amides is 1. The van der Waals surface area contributed by atoms with Crippen LogP contribution in [0.5, 0.6) is 0 Å². The van der Waals surface area contributed by atoms with Gasteiger partial charge in [0.1, 0.15) is 6.04 Å². The number of benzene rings is 1. The summed E-state index contributed by atoms with van der Waals surface area (Å²) >= 11 is 0. The topological polar surface area (TPSA) is 148 Å². The van der Waals surface area contributed by atoms with E-state index in [0.717, 1.165) is 0 Å². The summed E-state index contributed by atoms with van der Waals surface area (Å²) in [5, 5.41) is 0. The van der Waals surface area contributed by atoms with Crippen LogP contribution in [-0.4, -0.2) is 56.1 Å². The van der Waals surface area contributed by atoms with Gasteiger partial charge in [-0.3, -0.25) is 14.6 Å². The number of nitrogens with one attached hydrogen (secondary N) is 1. The molecule has 1 amide bonds. The van der Waals surface area contributed by atoms with Crippen LogP contribution in [0.1, 0.15) is 38.2 Å². The molecule has 1 aliphatic heterocycles. The number of hydrogen-bond acceptors (Lipinski definition) is 5. The van der Waals surface area contributed by atoms with Gasteiger partial charge in [0.25, 0.3) is 0 Å². The van der Waals surface area contributed by atoms with E-state index >= 15 is 0 Å². The van der Waals surface area contributed by atoms with Gasteiger partial charge in [-0.05, 0) is 38.2 Å². The number of nitrogens with zero attached hydrogens (tertiary/aromatic N) is 2. The van der Waals surface area contributed by atoms with Gasteiger partial charge in [0.05, 0.1) is 11.8 Å². The van der Waals surface area contributed by atoms with Crippen LogP contribution in [0.25, 0.3) is 0 Å². The summed E-state index contributed by atoms with van der Waals surface area (Å²) in [6.07, 6.45) is 1.96. The number of carbonyl (C=O) groups is 2. The first kappa shape index (κ1) is 22.8. The van der Waals surface area contributed by atoms with Crippen molar-refractivity contribution in [2.45, 2.75) is 50.4 Å². The molecule has 0 saturated carbocycles. The van der Waals surface area contributed by atoms with Gasteiger partial charge in [-0.2, -0.15) is 0 Å². The maximum atomic E-state index is 13.1. The lowest BCUT2D eigenvalue weighted by Gasteiger charge is -2.28. The minimum Gasteiger partial charge on any atom is -0.370 e. The van der Waals surface area contributed by atoms with Crippen LogP contribution in [0.4, 0.5) is 0 Å². The van der Waals surface area contributed by atoms with E-state index in [1.54, 1.807) is 30.3 Å². The van der Waals surface area contributed by atoms with Gasteiger partial charge < -0.3 is 16.4 Å². The Labute approximate surface area is 171 Å². The number of nitrogens with two attached hydrogens (primary N) is 2.